The number of hydrogen-bond donors (Lipinski definition) is 0. The number of rotatable bonds is 8. The fourth-order valence-corrected chi connectivity index (χ4v) is 2.31. The van der Waals surface area contributed by atoms with Crippen LogP contribution in [0.4, 0.5) is 0 Å². The molecule has 1 unspecified atom stereocenters. The smallest absolute Gasteiger partial charge is 0.338 e. The first kappa shape index (κ1) is 21.8. The van der Waals surface area contributed by atoms with Gasteiger partial charge >= 0.3 is 5.97 Å². The van der Waals surface area contributed by atoms with Gasteiger partial charge in [0.15, 0.2) is 6.10 Å². The van der Waals surface area contributed by atoms with Crippen LogP contribution in [0, 0.1) is 5.92 Å². The number of allylic oxidation sites excluding steroid dienone is 4. The van der Waals surface area contributed by atoms with Gasteiger partial charge in [0.05, 0.1) is 6.42 Å². The van der Waals surface area contributed by atoms with Crippen molar-refractivity contribution in [3.05, 3.63) is 36.5 Å². The summed E-state index contributed by atoms with van der Waals surface area (Å²) in [5.41, 5.74) is -0.326. The molecule has 0 aromatic rings. The zero-order valence-electron chi connectivity index (χ0n) is 16.3. The number of carbonyl (C=O) groups excluding carboxylic acids is 3. The molecule has 6 heteroatoms. The Hall–Kier alpha value is -2.21. The van der Waals surface area contributed by atoms with Gasteiger partial charge in [0, 0.05) is 5.57 Å². The van der Waals surface area contributed by atoms with E-state index in [0.717, 1.165) is 0 Å². The van der Waals surface area contributed by atoms with Crippen molar-refractivity contribution >= 4 is 17.8 Å². The first-order valence-electron chi connectivity index (χ1n) is 8.78. The summed E-state index contributed by atoms with van der Waals surface area (Å²) in [5, 5.41) is 0.694. The second kappa shape index (κ2) is 9.48. The molecule has 1 heterocycles. The lowest BCUT2D eigenvalue weighted by atomic mass is 10.1. The Morgan fingerprint density at radius 1 is 1.31 bits per heavy atom. The molecule has 0 aromatic heterocycles. The summed E-state index contributed by atoms with van der Waals surface area (Å²) in [7, 11) is 0. The fraction of sp³-hybridized carbons (Fsp3) is 0.550. The van der Waals surface area contributed by atoms with Crippen LogP contribution < -0.4 is 0 Å². The summed E-state index contributed by atoms with van der Waals surface area (Å²) >= 11 is 0. The molecule has 0 aromatic carbocycles. The van der Waals surface area contributed by atoms with Gasteiger partial charge in [-0.25, -0.2) is 9.63 Å². The molecule has 1 fully saturated rings. The van der Waals surface area contributed by atoms with Crippen LogP contribution in [0.2, 0.25) is 0 Å². The van der Waals surface area contributed by atoms with Crippen molar-refractivity contribution in [3.8, 4) is 0 Å². The highest BCUT2D eigenvalue weighted by Gasteiger charge is 2.39. The molecule has 0 spiro atoms. The molecular formula is C20H29NO5. The van der Waals surface area contributed by atoms with Crippen molar-refractivity contribution in [3.63, 3.8) is 0 Å². The summed E-state index contributed by atoms with van der Waals surface area (Å²) in [4.78, 5) is 42.5. The molecule has 1 rings (SSSR count). The van der Waals surface area contributed by atoms with Crippen LogP contribution in [0.25, 0.3) is 0 Å². The van der Waals surface area contributed by atoms with Gasteiger partial charge in [-0.1, -0.05) is 44.7 Å². The van der Waals surface area contributed by atoms with E-state index in [-0.39, 0.29) is 12.3 Å². The van der Waals surface area contributed by atoms with Crippen LogP contribution in [-0.4, -0.2) is 34.6 Å². The second-order valence-electron chi connectivity index (χ2n) is 7.56. The average Bonchev–Trinajstić information content (AvgIpc) is 2.76. The minimum atomic E-state index is -1.01. The van der Waals surface area contributed by atoms with E-state index >= 15 is 0 Å². The van der Waals surface area contributed by atoms with E-state index in [2.05, 4.69) is 6.58 Å². The average molecular weight is 363 g/mol. The van der Waals surface area contributed by atoms with Crippen LogP contribution in [0.15, 0.2) is 36.5 Å². The molecule has 0 N–H and O–H groups in total. The Labute approximate surface area is 155 Å². The molecule has 1 aliphatic heterocycles. The van der Waals surface area contributed by atoms with E-state index in [4.69, 9.17) is 9.57 Å². The first-order valence-corrected chi connectivity index (χ1v) is 8.78. The Morgan fingerprint density at radius 3 is 2.50 bits per heavy atom. The van der Waals surface area contributed by atoms with E-state index in [1.165, 1.54) is 0 Å². The standard InChI is InChI=1S/C20H29NO5/c1-7-8-9-10-11-15-13-17(22)21(18(15)23)26-16(12-14(2)3)19(24)25-20(4,5)6/h7-9,11,14,16H,1,10,12-13H2,2-6H3/b9-8-,15-11+. The highest BCUT2D eigenvalue weighted by molar-refractivity contribution is 6.12. The van der Waals surface area contributed by atoms with Crippen molar-refractivity contribution in [2.75, 3.05) is 0 Å². The number of esters is 1. The van der Waals surface area contributed by atoms with Crippen LogP contribution in [-0.2, 0) is 24.0 Å². The molecule has 0 saturated carbocycles. The molecule has 0 aliphatic carbocycles. The summed E-state index contributed by atoms with van der Waals surface area (Å²) in [6, 6.07) is 0. The zero-order valence-corrected chi connectivity index (χ0v) is 16.3. The number of hydroxylamine groups is 2. The number of nitrogens with zero attached hydrogens (tertiary/aromatic N) is 1. The number of amides is 2. The van der Waals surface area contributed by atoms with Gasteiger partial charge in [-0.2, -0.15) is 0 Å². The summed E-state index contributed by atoms with van der Waals surface area (Å²) in [5.74, 6) is -1.47. The Kier molecular flexibility index (Phi) is 7.96. The van der Waals surface area contributed by atoms with Crippen LogP contribution in [0.1, 0.15) is 53.9 Å². The third kappa shape index (κ3) is 6.96. The molecule has 0 radical (unpaired) electrons. The maximum Gasteiger partial charge on any atom is 0.338 e. The monoisotopic (exact) mass is 363 g/mol. The predicted molar refractivity (Wildman–Crippen MR) is 98.7 cm³/mol. The third-order valence-corrected chi connectivity index (χ3v) is 3.39. The van der Waals surface area contributed by atoms with Gasteiger partial charge in [-0.05, 0) is 39.5 Å². The summed E-state index contributed by atoms with van der Waals surface area (Å²) < 4.78 is 5.35. The van der Waals surface area contributed by atoms with E-state index < -0.39 is 29.5 Å². The van der Waals surface area contributed by atoms with E-state index in [1.54, 1.807) is 39.0 Å². The molecule has 144 valence electrons. The number of ether oxygens (including phenoxy) is 1. The van der Waals surface area contributed by atoms with Gasteiger partial charge in [-0.3, -0.25) is 9.59 Å². The summed E-state index contributed by atoms with van der Waals surface area (Å²) in [6.45, 7) is 12.7. The Balaban J connectivity index is 2.87. The molecular weight excluding hydrogens is 334 g/mol. The predicted octanol–water partition coefficient (Wildman–Crippen LogP) is 3.49. The molecule has 1 aliphatic rings. The number of imide groups is 1. The van der Waals surface area contributed by atoms with E-state index in [0.29, 0.717) is 23.5 Å². The highest BCUT2D eigenvalue weighted by atomic mass is 16.7. The Bertz CT molecular complexity index is 610. The number of hydrogen-bond acceptors (Lipinski definition) is 5. The normalized spacial score (nSPS) is 18.2. The lowest BCUT2D eigenvalue weighted by Gasteiger charge is -2.26. The molecule has 2 amide bonds. The van der Waals surface area contributed by atoms with Gasteiger partial charge in [0.1, 0.15) is 5.60 Å². The second-order valence-corrected chi connectivity index (χ2v) is 7.56. The van der Waals surface area contributed by atoms with Crippen molar-refractivity contribution in [1.29, 1.82) is 0 Å². The quantitative estimate of drug-likeness (QED) is 0.286. The Morgan fingerprint density at radius 2 is 1.96 bits per heavy atom. The molecule has 26 heavy (non-hydrogen) atoms. The highest BCUT2D eigenvalue weighted by Crippen LogP contribution is 2.23. The number of carbonyl (C=O) groups is 3. The van der Waals surface area contributed by atoms with Crippen molar-refractivity contribution < 1.29 is 24.0 Å². The molecule has 0 bridgehead atoms. The SMILES string of the molecule is C=C/C=C\C/C=C1\CC(=O)N(OC(CC(C)C)C(=O)OC(C)(C)C)C1=O. The fourth-order valence-electron chi connectivity index (χ4n) is 2.31. The van der Waals surface area contributed by atoms with Crippen LogP contribution in [0.3, 0.4) is 0 Å². The third-order valence-electron chi connectivity index (χ3n) is 3.39. The van der Waals surface area contributed by atoms with Gasteiger partial charge in [0.25, 0.3) is 11.8 Å². The molecule has 1 saturated heterocycles. The van der Waals surface area contributed by atoms with Crippen molar-refractivity contribution in [2.45, 2.75) is 65.6 Å². The van der Waals surface area contributed by atoms with E-state index in [1.807, 2.05) is 19.9 Å². The maximum absolute atomic E-state index is 12.4. The minimum Gasteiger partial charge on any atom is -0.458 e. The van der Waals surface area contributed by atoms with Crippen molar-refractivity contribution in [2.24, 2.45) is 5.92 Å². The van der Waals surface area contributed by atoms with Gasteiger partial charge < -0.3 is 4.74 Å². The largest absolute Gasteiger partial charge is 0.458 e. The minimum absolute atomic E-state index is 0.0382. The van der Waals surface area contributed by atoms with Gasteiger partial charge in [0.2, 0.25) is 0 Å². The lowest BCUT2D eigenvalue weighted by molar-refractivity contribution is -0.215. The lowest BCUT2D eigenvalue weighted by Crippen LogP contribution is -2.41. The van der Waals surface area contributed by atoms with Crippen molar-refractivity contribution in [1.82, 2.24) is 5.06 Å². The zero-order chi connectivity index (χ0) is 19.9. The van der Waals surface area contributed by atoms with Crippen LogP contribution in [0.5, 0.6) is 0 Å². The van der Waals surface area contributed by atoms with Crippen LogP contribution >= 0.6 is 0 Å². The molecule has 1 atom stereocenters. The topological polar surface area (TPSA) is 72.9 Å². The maximum atomic E-state index is 12.4. The van der Waals surface area contributed by atoms with Gasteiger partial charge in [-0.15, -0.1) is 5.06 Å². The first-order chi connectivity index (χ1) is 12.0. The summed E-state index contributed by atoms with van der Waals surface area (Å²) in [6.07, 6.45) is 6.69. The van der Waals surface area contributed by atoms with E-state index in [9.17, 15) is 14.4 Å². The molecule has 6 nitrogen and oxygen atoms in total.